The summed E-state index contributed by atoms with van der Waals surface area (Å²) in [6.45, 7) is 9.12. The number of rotatable bonds is 3. The van der Waals surface area contributed by atoms with Crippen molar-refractivity contribution in [3.8, 4) is 11.5 Å². The van der Waals surface area contributed by atoms with Gasteiger partial charge in [0, 0.05) is 17.2 Å². The van der Waals surface area contributed by atoms with Crippen molar-refractivity contribution in [2.45, 2.75) is 34.6 Å². The maximum atomic E-state index is 10.3. The molecule has 1 aromatic heterocycles. The third kappa shape index (κ3) is 2.77. The van der Waals surface area contributed by atoms with E-state index in [1.54, 1.807) is 32.9 Å². The van der Waals surface area contributed by atoms with Gasteiger partial charge in [-0.1, -0.05) is 6.08 Å². The van der Waals surface area contributed by atoms with Crippen molar-refractivity contribution in [2.24, 2.45) is 0 Å². The van der Waals surface area contributed by atoms with E-state index in [1.807, 2.05) is 26.0 Å². The predicted molar refractivity (Wildman–Crippen MR) is 88.9 cm³/mol. The van der Waals surface area contributed by atoms with Crippen LogP contribution in [0.25, 0.3) is 18.2 Å². The summed E-state index contributed by atoms with van der Waals surface area (Å²) in [4.78, 5) is 4.32. The highest BCUT2D eigenvalue weighted by molar-refractivity contribution is 5.76. The first-order valence-corrected chi connectivity index (χ1v) is 7.16. The van der Waals surface area contributed by atoms with Crippen LogP contribution in [0.1, 0.15) is 46.5 Å². The third-order valence-corrected chi connectivity index (χ3v) is 3.85. The molecule has 0 radical (unpaired) electrons. The van der Waals surface area contributed by atoms with Gasteiger partial charge in [-0.15, -0.1) is 0 Å². The van der Waals surface area contributed by atoms with Crippen LogP contribution in [-0.2, 0) is 0 Å². The molecule has 2 aromatic rings. The predicted octanol–water partition coefficient (Wildman–Crippen LogP) is 4.52. The van der Waals surface area contributed by atoms with E-state index in [-0.39, 0.29) is 11.5 Å². The molecule has 0 aliphatic rings. The average molecular weight is 299 g/mol. The number of benzene rings is 1. The summed E-state index contributed by atoms with van der Waals surface area (Å²) in [6, 6.07) is 0. The van der Waals surface area contributed by atoms with E-state index in [0.717, 1.165) is 5.69 Å². The SMILES string of the molecule is CC=Cc1oc(/C=C/c2c(C)c(O)c(C)c(C)c2O)nc1C. The molecule has 2 rings (SSSR count). The van der Waals surface area contributed by atoms with Crippen LogP contribution in [0.5, 0.6) is 11.5 Å². The monoisotopic (exact) mass is 299 g/mol. The smallest absolute Gasteiger partial charge is 0.219 e. The van der Waals surface area contributed by atoms with Crippen LogP contribution < -0.4 is 0 Å². The molecule has 4 nitrogen and oxygen atoms in total. The zero-order valence-corrected chi connectivity index (χ0v) is 13.6. The van der Waals surface area contributed by atoms with Crippen molar-refractivity contribution in [1.82, 2.24) is 4.98 Å². The van der Waals surface area contributed by atoms with Gasteiger partial charge in [0.05, 0.1) is 5.69 Å². The summed E-state index contributed by atoms with van der Waals surface area (Å²) >= 11 is 0. The van der Waals surface area contributed by atoms with Gasteiger partial charge in [-0.05, 0) is 57.9 Å². The second-order valence-electron chi connectivity index (χ2n) is 5.32. The third-order valence-electron chi connectivity index (χ3n) is 3.85. The molecule has 0 atom stereocenters. The lowest BCUT2D eigenvalue weighted by Crippen LogP contribution is -1.92. The maximum Gasteiger partial charge on any atom is 0.219 e. The largest absolute Gasteiger partial charge is 0.507 e. The standard InChI is InChI=1S/C18H21NO3/c1-6-7-15-13(5)19-16(22-15)9-8-14-12(4)17(20)10(2)11(3)18(14)21/h6-9,20-21H,1-5H3/b7-6?,9-8+. The van der Waals surface area contributed by atoms with Crippen LogP contribution in [0.15, 0.2) is 10.5 Å². The molecule has 4 heteroatoms. The highest BCUT2D eigenvalue weighted by Crippen LogP contribution is 2.37. The van der Waals surface area contributed by atoms with Crippen molar-refractivity contribution >= 4 is 18.2 Å². The molecule has 0 aliphatic heterocycles. The lowest BCUT2D eigenvalue weighted by Gasteiger charge is -2.13. The molecule has 116 valence electrons. The highest BCUT2D eigenvalue weighted by Gasteiger charge is 2.14. The minimum Gasteiger partial charge on any atom is -0.507 e. The fourth-order valence-corrected chi connectivity index (χ4v) is 2.31. The molecule has 0 aliphatic carbocycles. The van der Waals surface area contributed by atoms with Gasteiger partial charge in [0.1, 0.15) is 17.3 Å². The van der Waals surface area contributed by atoms with Crippen LogP contribution >= 0.6 is 0 Å². The summed E-state index contributed by atoms with van der Waals surface area (Å²) in [5.74, 6) is 1.54. The number of phenols is 2. The fraction of sp³-hybridized carbons (Fsp3) is 0.278. The topological polar surface area (TPSA) is 66.5 Å². The van der Waals surface area contributed by atoms with Crippen molar-refractivity contribution in [1.29, 1.82) is 0 Å². The van der Waals surface area contributed by atoms with Crippen molar-refractivity contribution < 1.29 is 14.6 Å². The second kappa shape index (κ2) is 6.10. The summed E-state index contributed by atoms with van der Waals surface area (Å²) in [5.41, 5.74) is 3.37. The minimum atomic E-state index is 0.168. The van der Waals surface area contributed by atoms with Crippen LogP contribution in [0, 0.1) is 27.7 Å². The molecule has 0 amide bonds. The van der Waals surface area contributed by atoms with E-state index in [1.165, 1.54) is 0 Å². The quantitative estimate of drug-likeness (QED) is 0.818. The molecular weight excluding hydrogens is 278 g/mol. The number of oxazole rings is 1. The zero-order chi connectivity index (χ0) is 16.4. The van der Waals surface area contributed by atoms with E-state index < -0.39 is 0 Å². The molecule has 0 fully saturated rings. The number of aryl methyl sites for hydroxylation is 1. The number of aromatic hydroxyl groups is 2. The fourth-order valence-electron chi connectivity index (χ4n) is 2.31. The molecule has 0 saturated carbocycles. The minimum absolute atomic E-state index is 0.168. The van der Waals surface area contributed by atoms with Crippen LogP contribution in [0.2, 0.25) is 0 Å². The Kier molecular flexibility index (Phi) is 4.40. The molecule has 0 bridgehead atoms. The zero-order valence-electron chi connectivity index (χ0n) is 13.6. The van der Waals surface area contributed by atoms with Crippen LogP contribution in [-0.4, -0.2) is 15.2 Å². The van der Waals surface area contributed by atoms with E-state index in [2.05, 4.69) is 4.98 Å². The number of nitrogens with zero attached hydrogens (tertiary/aromatic N) is 1. The van der Waals surface area contributed by atoms with Gasteiger partial charge in [0.15, 0.2) is 0 Å². The molecule has 0 spiro atoms. The first-order chi connectivity index (χ1) is 10.4. The van der Waals surface area contributed by atoms with Crippen molar-refractivity contribution in [3.63, 3.8) is 0 Å². The Hall–Kier alpha value is -2.49. The summed E-state index contributed by atoms with van der Waals surface area (Å²) in [6.07, 6.45) is 7.14. The van der Waals surface area contributed by atoms with E-state index in [9.17, 15) is 10.2 Å². The lowest BCUT2D eigenvalue weighted by molar-refractivity contribution is 0.448. The van der Waals surface area contributed by atoms with E-state index in [4.69, 9.17) is 4.42 Å². The Morgan fingerprint density at radius 1 is 0.864 bits per heavy atom. The molecule has 1 heterocycles. The van der Waals surface area contributed by atoms with Crippen molar-refractivity contribution in [3.05, 3.63) is 45.7 Å². The number of phenolic OH excluding ortho intramolecular Hbond substituents is 2. The van der Waals surface area contributed by atoms with Gasteiger partial charge < -0.3 is 14.6 Å². The number of aromatic nitrogens is 1. The first kappa shape index (κ1) is 15.9. The normalized spacial score (nSPS) is 11.9. The maximum absolute atomic E-state index is 10.3. The van der Waals surface area contributed by atoms with Crippen molar-refractivity contribution in [2.75, 3.05) is 0 Å². The Morgan fingerprint density at radius 3 is 2.14 bits per heavy atom. The molecule has 1 aromatic carbocycles. The number of allylic oxidation sites excluding steroid dienone is 1. The first-order valence-electron chi connectivity index (χ1n) is 7.16. The number of hydrogen-bond acceptors (Lipinski definition) is 4. The number of hydrogen-bond donors (Lipinski definition) is 2. The van der Waals surface area contributed by atoms with E-state index >= 15 is 0 Å². The summed E-state index contributed by atoms with van der Waals surface area (Å²) in [7, 11) is 0. The van der Waals surface area contributed by atoms with Gasteiger partial charge in [0.2, 0.25) is 5.89 Å². The summed E-state index contributed by atoms with van der Waals surface area (Å²) < 4.78 is 5.61. The molecule has 0 saturated heterocycles. The van der Waals surface area contributed by atoms with Gasteiger partial charge in [-0.2, -0.15) is 0 Å². The average Bonchev–Trinajstić information content (AvgIpc) is 2.84. The molecule has 0 unspecified atom stereocenters. The molecule has 2 N–H and O–H groups in total. The van der Waals surface area contributed by atoms with Gasteiger partial charge in [-0.3, -0.25) is 0 Å². The molecule has 22 heavy (non-hydrogen) atoms. The van der Waals surface area contributed by atoms with Crippen LogP contribution in [0.3, 0.4) is 0 Å². The summed E-state index contributed by atoms with van der Waals surface area (Å²) in [5, 5.41) is 20.4. The van der Waals surface area contributed by atoms with Gasteiger partial charge in [-0.25, -0.2) is 4.98 Å². The van der Waals surface area contributed by atoms with E-state index in [0.29, 0.717) is 33.9 Å². The Balaban J connectivity index is 2.45. The second-order valence-corrected chi connectivity index (χ2v) is 5.32. The Labute approximate surface area is 130 Å². The Morgan fingerprint density at radius 2 is 1.50 bits per heavy atom. The van der Waals surface area contributed by atoms with Gasteiger partial charge in [0.25, 0.3) is 0 Å². The Bertz CT molecular complexity index is 738. The lowest BCUT2D eigenvalue weighted by atomic mass is 9.97. The van der Waals surface area contributed by atoms with Crippen LogP contribution in [0.4, 0.5) is 0 Å². The van der Waals surface area contributed by atoms with Gasteiger partial charge >= 0.3 is 0 Å². The highest BCUT2D eigenvalue weighted by atomic mass is 16.4. The molecular formula is C18H21NO3.